The minimum atomic E-state index is -0.356. The SMILES string of the molecule is CCCC(CC)NCc1ccccc1C(N)=O. The minimum absolute atomic E-state index is 0.356. The van der Waals surface area contributed by atoms with Crippen LogP contribution in [0.2, 0.25) is 0 Å². The van der Waals surface area contributed by atoms with E-state index in [4.69, 9.17) is 5.73 Å². The van der Waals surface area contributed by atoms with Gasteiger partial charge in [0.25, 0.3) is 0 Å². The fourth-order valence-electron chi connectivity index (χ4n) is 1.97. The highest BCUT2D eigenvalue weighted by Gasteiger charge is 2.09. The zero-order valence-corrected chi connectivity index (χ0v) is 10.7. The summed E-state index contributed by atoms with van der Waals surface area (Å²) in [5.74, 6) is -0.356. The maximum atomic E-state index is 11.3. The van der Waals surface area contributed by atoms with Crippen molar-refractivity contribution < 1.29 is 4.79 Å². The van der Waals surface area contributed by atoms with Gasteiger partial charge in [-0.25, -0.2) is 0 Å². The molecule has 0 radical (unpaired) electrons. The summed E-state index contributed by atoms with van der Waals surface area (Å²) >= 11 is 0. The minimum Gasteiger partial charge on any atom is -0.366 e. The third kappa shape index (κ3) is 4.19. The van der Waals surface area contributed by atoms with E-state index < -0.39 is 0 Å². The second-order valence-electron chi connectivity index (χ2n) is 4.30. The van der Waals surface area contributed by atoms with Crippen LogP contribution in [0.1, 0.15) is 49.0 Å². The van der Waals surface area contributed by atoms with Crippen LogP contribution >= 0.6 is 0 Å². The third-order valence-electron chi connectivity index (χ3n) is 2.99. The molecule has 0 aliphatic carbocycles. The molecule has 1 unspecified atom stereocenters. The first kappa shape index (κ1) is 13.7. The zero-order valence-electron chi connectivity index (χ0n) is 10.7. The van der Waals surface area contributed by atoms with E-state index in [9.17, 15) is 4.79 Å². The summed E-state index contributed by atoms with van der Waals surface area (Å²) in [7, 11) is 0. The Hall–Kier alpha value is -1.35. The molecular formula is C14H22N2O. The molecule has 0 aliphatic heterocycles. The molecule has 1 amide bonds. The molecule has 94 valence electrons. The lowest BCUT2D eigenvalue weighted by Crippen LogP contribution is -2.28. The van der Waals surface area contributed by atoms with Crippen molar-refractivity contribution in [2.45, 2.75) is 45.7 Å². The van der Waals surface area contributed by atoms with Crippen molar-refractivity contribution in [1.29, 1.82) is 0 Å². The highest BCUT2D eigenvalue weighted by molar-refractivity contribution is 5.94. The fraction of sp³-hybridized carbons (Fsp3) is 0.500. The first-order valence-electron chi connectivity index (χ1n) is 6.30. The lowest BCUT2D eigenvalue weighted by molar-refractivity contribution is 0.0999. The molecule has 3 nitrogen and oxygen atoms in total. The Labute approximate surface area is 103 Å². The summed E-state index contributed by atoms with van der Waals surface area (Å²) in [5.41, 5.74) is 6.94. The highest BCUT2D eigenvalue weighted by Crippen LogP contribution is 2.09. The van der Waals surface area contributed by atoms with Crippen molar-refractivity contribution in [3.05, 3.63) is 35.4 Å². The summed E-state index contributed by atoms with van der Waals surface area (Å²) < 4.78 is 0. The van der Waals surface area contributed by atoms with Gasteiger partial charge in [-0.1, -0.05) is 38.5 Å². The van der Waals surface area contributed by atoms with E-state index in [-0.39, 0.29) is 5.91 Å². The normalized spacial score (nSPS) is 12.4. The highest BCUT2D eigenvalue weighted by atomic mass is 16.1. The largest absolute Gasteiger partial charge is 0.366 e. The second-order valence-corrected chi connectivity index (χ2v) is 4.30. The van der Waals surface area contributed by atoms with Gasteiger partial charge in [-0.05, 0) is 24.5 Å². The number of hydrogen-bond acceptors (Lipinski definition) is 2. The molecule has 0 saturated carbocycles. The lowest BCUT2D eigenvalue weighted by atomic mass is 10.1. The van der Waals surface area contributed by atoms with Gasteiger partial charge in [-0.15, -0.1) is 0 Å². The van der Waals surface area contributed by atoms with Gasteiger partial charge in [0.05, 0.1) is 0 Å². The van der Waals surface area contributed by atoms with Crippen LogP contribution in [0.3, 0.4) is 0 Å². The monoisotopic (exact) mass is 234 g/mol. The molecule has 0 saturated heterocycles. The molecule has 1 aromatic rings. The van der Waals surface area contributed by atoms with E-state index in [0.29, 0.717) is 18.2 Å². The molecule has 0 heterocycles. The molecule has 0 aliphatic rings. The van der Waals surface area contributed by atoms with E-state index in [1.807, 2.05) is 18.2 Å². The summed E-state index contributed by atoms with van der Waals surface area (Å²) in [4.78, 5) is 11.3. The van der Waals surface area contributed by atoms with Gasteiger partial charge < -0.3 is 11.1 Å². The fourth-order valence-corrected chi connectivity index (χ4v) is 1.97. The van der Waals surface area contributed by atoms with Gasteiger partial charge in [-0.3, -0.25) is 4.79 Å². The third-order valence-corrected chi connectivity index (χ3v) is 2.99. The Morgan fingerprint density at radius 1 is 1.35 bits per heavy atom. The Kier molecular flexibility index (Phi) is 5.70. The number of amides is 1. The van der Waals surface area contributed by atoms with Crippen molar-refractivity contribution in [2.75, 3.05) is 0 Å². The van der Waals surface area contributed by atoms with Crippen LogP contribution in [0.5, 0.6) is 0 Å². The van der Waals surface area contributed by atoms with Crippen LogP contribution in [0.4, 0.5) is 0 Å². The van der Waals surface area contributed by atoms with Crippen molar-refractivity contribution >= 4 is 5.91 Å². The van der Waals surface area contributed by atoms with Crippen molar-refractivity contribution in [3.8, 4) is 0 Å². The predicted octanol–water partition coefficient (Wildman–Crippen LogP) is 2.45. The van der Waals surface area contributed by atoms with Gasteiger partial charge in [0, 0.05) is 18.2 Å². The summed E-state index contributed by atoms with van der Waals surface area (Å²) in [6.45, 7) is 5.06. The number of carbonyl (C=O) groups excluding carboxylic acids is 1. The molecule has 0 spiro atoms. The molecule has 0 aromatic heterocycles. The van der Waals surface area contributed by atoms with Crippen LogP contribution in [0.25, 0.3) is 0 Å². The maximum Gasteiger partial charge on any atom is 0.249 e. The second kappa shape index (κ2) is 7.07. The van der Waals surface area contributed by atoms with Crippen LogP contribution < -0.4 is 11.1 Å². The Morgan fingerprint density at radius 2 is 2.06 bits per heavy atom. The van der Waals surface area contributed by atoms with E-state index in [1.165, 1.54) is 6.42 Å². The van der Waals surface area contributed by atoms with E-state index in [1.54, 1.807) is 6.07 Å². The smallest absolute Gasteiger partial charge is 0.249 e. The summed E-state index contributed by atoms with van der Waals surface area (Å²) in [5, 5.41) is 3.47. The van der Waals surface area contributed by atoms with Gasteiger partial charge >= 0.3 is 0 Å². The molecule has 1 aromatic carbocycles. The van der Waals surface area contributed by atoms with E-state index >= 15 is 0 Å². The van der Waals surface area contributed by atoms with Crippen molar-refractivity contribution in [3.63, 3.8) is 0 Å². The number of carbonyl (C=O) groups is 1. The average molecular weight is 234 g/mol. The molecule has 0 fully saturated rings. The van der Waals surface area contributed by atoms with Gasteiger partial charge in [-0.2, -0.15) is 0 Å². The summed E-state index contributed by atoms with van der Waals surface area (Å²) in [6.07, 6.45) is 3.44. The molecule has 3 heteroatoms. The number of nitrogens with one attached hydrogen (secondary N) is 1. The number of rotatable bonds is 7. The first-order chi connectivity index (χ1) is 8.19. The average Bonchev–Trinajstić information content (AvgIpc) is 2.34. The van der Waals surface area contributed by atoms with Crippen LogP contribution in [0, 0.1) is 0 Å². The molecule has 1 rings (SSSR count). The standard InChI is InChI=1S/C14H22N2O/c1-3-7-12(4-2)16-10-11-8-5-6-9-13(11)14(15)17/h5-6,8-9,12,16H,3-4,7,10H2,1-2H3,(H2,15,17). The Morgan fingerprint density at radius 3 is 2.65 bits per heavy atom. The quantitative estimate of drug-likeness (QED) is 0.761. The van der Waals surface area contributed by atoms with Crippen LogP contribution in [0.15, 0.2) is 24.3 Å². The van der Waals surface area contributed by atoms with Crippen LogP contribution in [-0.4, -0.2) is 11.9 Å². The molecule has 17 heavy (non-hydrogen) atoms. The van der Waals surface area contributed by atoms with Crippen LogP contribution in [-0.2, 0) is 6.54 Å². The first-order valence-corrected chi connectivity index (χ1v) is 6.30. The number of benzene rings is 1. The van der Waals surface area contributed by atoms with Gasteiger partial charge in [0.2, 0.25) is 5.91 Å². The Balaban J connectivity index is 2.65. The van der Waals surface area contributed by atoms with E-state index in [0.717, 1.165) is 18.4 Å². The number of hydrogen-bond donors (Lipinski definition) is 2. The van der Waals surface area contributed by atoms with Gasteiger partial charge in [0.15, 0.2) is 0 Å². The predicted molar refractivity (Wildman–Crippen MR) is 70.8 cm³/mol. The topological polar surface area (TPSA) is 55.1 Å². The van der Waals surface area contributed by atoms with Crippen molar-refractivity contribution in [2.24, 2.45) is 5.73 Å². The van der Waals surface area contributed by atoms with Crippen molar-refractivity contribution in [1.82, 2.24) is 5.32 Å². The lowest BCUT2D eigenvalue weighted by Gasteiger charge is -2.17. The molecule has 1 atom stereocenters. The molecule has 3 N–H and O–H groups in total. The number of nitrogens with two attached hydrogens (primary N) is 1. The maximum absolute atomic E-state index is 11.3. The molecule has 0 bridgehead atoms. The molecular weight excluding hydrogens is 212 g/mol. The number of primary amides is 1. The zero-order chi connectivity index (χ0) is 12.7. The van der Waals surface area contributed by atoms with E-state index in [2.05, 4.69) is 19.2 Å². The summed E-state index contributed by atoms with van der Waals surface area (Å²) in [6, 6.07) is 8.02. The Bertz CT molecular complexity index is 363. The van der Waals surface area contributed by atoms with Gasteiger partial charge in [0.1, 0.15) is 0 Å².